The van der Waals surface area contributed by atoms with Crippen molar-refractivity contribution < 1.29 is 13.9 Å². The lowest BCUT2D eigenvalue weighted by molar-refractivity contribution is 0.115. The van der Waals surface area contributed by atoms with E-state index in [9.17, 15) is 13.9 Å². The van der Waals surface area contributed by atoms with Crippen LogP contribution in [0, 0.1) is 0 Å². The van der Waals surface area contributed by atoms with Crippen molar-refractivity contribution in [3.05, 3.63) is 27.2 Å². The Kier molecular flexibility index (Phi) is 3.69. The highest BCUT2D eigenvalue weighted by Gasteiger charge is 2.24. The molecule has 0 amide bonds. The number of benzene rings is 1. The molecule has 14 heavy (non-hydrogen) atoms. The summed E-state index contributed by atoms with van der Waals surface area (Å²) in [6, 6.07) is 1.27. The largest absolute Gasteiger partial charge is 0.506 e. The van der Waals surface area contributed by atoms with Gasteiger partial charge in [-0.25, -0.2) is 8.78 Å². The monoisotopic (exact) mass is 285 g/mol. The van der Waals surface area contributed by atoms with Crippen LogP contribution >= 0.6 is 27.5 Å². The second-order valence-corrected chi connectivity index (χ2v) is 3.91. The van der Waals surface area contributed by atoms with Crippen LogP contribution in [0.15, 0.2) is 16.6 Å². The van der Waals surface area contributed by atoms with Gasteiger partial charge in [0.15, 0.2) is 0 Å². The quantitative estimate of drug-likeness (QED) is 0.877. The Labute approximate surface area is 92.8 Å². The molecular formula is C8H7BrClF2NO. The summed E-state index contributed by atoms with van der Waals surface area (Å²) in [4.78, 5) is 0. The van der Waals surface area contributed by atoms with Crippen molar-refractivity contribution in [1.29, 1.82) is 0 Å². The van der Waals surface area contributed by atoms with Gasteiger partial charge in [-0.2, -0.15) is 0 Å². The van der Waals surface area contributed by atoms with E-state index in [1.807, 2.05) is 0 Å². The van der Waals surface area contributed by atoms with Gasteiger partial charge in [-0.15, -0.1) is 0 Å². The molecule has 0 saturated carbocycles. The minimum atomic E-state index is -2.77. The summed E-state index contributed by atoms with van der Waals surface area (Å²) in [5.74, 6) is -0.342. The van der Waals surface area contributed by atoms with Gasteiger partial charge in [0.25, 0.3) is 6.43 Å². The van der Waals surface area contributed by atoms with Crippen molar-refractivity contribution >= 4 is 27.5 Å². The van der Waals surface area contributed by atoms with Gasteiger partial charge < -0.3 is 10.8 Å². The van der Waals surface area contributed by atoms with Gasteiger partial charge in [0.2, 0.25) is 0 Å². The van der Waals surface area contributed by atoms with E-state index in [-0.39, 0.29) is 20.8 Å². The third-order valence-corrected chi connectivity index (χ3v) is 2.69. The van der Waals surface area contributed by atoms with Gasteiger partial charge >= 0.3 is 0 Å². The number of hydrogen-bond acceptors (Lipinski definition) is 2. The molecule has 78 valence electrons. The lowest BCUT2D eigenvalue weighted by Gasteiger charge is -2.15. The van der Waals surface area contributed by atoms with Gasteiger partial charge in [0, 0.05) is 10.6 Å². The molecule has 0 aliphatic heterocycles. The van der Waals surface area contributed by atoms with E-state index >= 15 is 0 Å². The average Bonchev–Trinajstić information content (AvgIpc) is 2.12. The predicted octanol–water partition coefficient (Wildman–Crippen LogP) is 3.07. The molecule has 1 aromatic rings. The lowest BCUT2D eigenvalue weighted by Crippen LogP contribution is -2.19. The van der Waals surface area contributed by atoms with Crippen LogP contribution in [-0.2, 0) is 0 Å². The highest BCUT2D eigenvalue weighted by atomic mass is 79.9. The van der Waals surface area contributed by atoms with E-state index in [4.69, 9.17) is 17.3 Å². The second kappa shape index (κ2) is 4.42. The summed E-state index contributed by atoms with van der Waals surface area (Å²) in [5.41, 5.74) is 5.05. The van der Waals surface area contributed by atoms with Crippen LogP contribution in [0.2, 0.25) is 5.02 Å². The zero-order valence-electron chi connectivity index (χ0n) is 6.85. The first kappa shape index (κ1) is 11.7. The maximum Gasteiger partial charge on any atom is 0.257 e. The van der Waals surface area contributed by atoms with Gasteiger partial charge in [-0.05, 0) is 28.1 Å². The predicted molar refractivity (Wildman–Crippen MR) is 53.7 cm³/mol. The Hall–Kier alpha value is -0.390. The number of alkyl halides is 2. The average molecular weight is 287 g/mol. The topological polar surface area (TPSA) is 46.2 Å². The maximum absolute atomic E-state index is 12.3. The molecule has 0 fully saturated rings. The van der Waals surface area contributed by atoms with E-state index in [1.165, 1.54) is 12.1 Å². The van der Waals surface area contributed by atoms with Crippen LogP contribution < -0.4 is 5.73 Å². The van der Waals surface area contributed by atoms with Crippen molar-refractivity contribution in [2.45, 2.75) is 12.5 Å². The number of hydrogen-bond donors (Lipinski definition) is 2. The fourth-order valence-corrected chi connectivity index (χ4v) is 1.62. The number of halogens is 4. The van der Waals surface area contributed by atoms with Crippen molar-refractivity contribution in [3.63, 3.8) is 0 Å². The minimum Gasteiger partial charge on any atom is -0.506 e. The molecule has 0 aliphatic carbocycles. The van der Waals surface area contributed by atoms with Gasteiger partial charge in [0.1, 0.15) is 5.75 Å². The smallest absolute Gasteiger partial charge is 0.257 e. The van der Waals surface area contributed by atoms with Gasteiger partial charge in [-0.1, -0.05) is 11.6 Å². The molecular weight excluding hydrogens is 279 g/mol. The van der Waals surface area contributed by atoms with Crippen molar-refractivity contribution in [3.8, 4) is 5.75 Å². The van der Waals surface area contributed by atoms with Crippen molar-refractivity contribution in [1.82, 2.24) is 0 Å². The standard InChI is InChI=1S/C8H7BrClF2NO/c9-3-1-2-4(10)5(7(3)14)6(13)8(11)12/h1-2,6,8,14H,13H2/t6-/m0/s1. The van der Waals surface area contributed by atoms with E-state index in [2.05, 4.69) is 15.9 Å². The summed E-state index contributed by atoms with van der Waals surface area (Å²) in [7, 11) is 0. The zero-order chi connectivity index (χ0) is 10.9. The Bertz CT molecular complexity index is 348. The van der Waals surface area contributed by atoms with Crippen LogP contribution in [0.1, 0.15) is 11.6 Å². The van der Waals surface area contributed by atoms with E-state index in [0.29, 0.717) is 0 Å². The highest BCUT2D eigenvalue weighted by molar-refractivity contribution is 9.10. The fraction of sp³-hybridized carbons (Fsp3) is 0.250. The Balaban J connectivity index is 3.25. The molecule has 0 aliphatic rings. The molecule has 1 aromatic carbocycles. The molecule has 0 aromatic heterocycles. The first-order valence-corrected chi connectivity index (χ1v) is 4.82. The second-order valence-electron chi connectivity index (χ2n) is 2.65. The van der Waals surface area contributed by atoms with Crippen LogP contribution in [0.5, 0.6) is 5.75 Å². The minimum absolute atomic E-state index is 0.0264. The van der Waals surface area contributed by atoms with Crippen LogP contribution in [0.4, 0.5) is 8.78 Å². The molecule has 0 unspecified atom stereocenters. The third kappa shape index (κ3) is 2.16. The summed E-state index contributed by atoms with van der Waals surface area (Å²) < 4.78 is 24.9. The van der Waals surface area contributed by atoms with Gasteiger partial charge in [-0.3, -0.25) is 0 Å². The number of phenolic OH excluding ortho intramolecular Hbond substituents is 1. The SMILES string of the molecule is N[C@@H](c1c(Cl)ccc(Br)c1O)C(F)F. The van der Waals surface area contributed by atoms with Crippen molar-refractivity contribution in [2.24, 2.45) is 5.73 Å². The molecule has 0 saturated heterocycles. The van der Waals surface area contributed by atoms with E-state index < -0.39 is 12.5 Å². The van der Waals surface area contributed by atoms with Gasteiger partial charge in [0.05, 0.1) is 10.5 Å². The normalized spacial score (nSPS) is 13.3. The molecule has 0 spiro atoms. The number of phenols is 1. The lowest BCUT2D eigenvalue weighted by atomic mass is 10.1. The summed E-state index contributed by atoms with van der Waals surface area (Å²) in [6.07, 6.45) is -2.77. The van der Waals surface area contributed by atoms with Crippen LogP contribution in [0.3, 0.4) is 0 Å². The molecule has 0 heterocycles. The first-order valence-electron chi connectivity index (χ1n) is 3.65. The molecule has 2 nitrogen and oxygen atoms in total. The fourth-order valence-electron chi connectivity index (χ4n) is 1.000. The molecule has 6 heteroatoms. The van der Waals surface area contributed by atoms with Crippen molar-refractivity contribution in [2.75, 3.05) is 0 Å². The number of nitrogens with two attached hydrogens (primary N) is 1. The Morgan fingerprint density at radius 3 is 2.50 bits per heavy atom. The number of aromatic hydroxyl groups is 1. The maximum atomic E-state index is 12.3. The summed E-state index contributed by atoms with van der Waals surface area (Å²) in [6.45, 7) is 0. The first-order chi connectivity index (χ1) is 6.45. The third-order valence-electron chi connectivity index (χ3n) is 1.72. The Morgan fingerprint density at radius 1 is 1.43 bits per heavy atom. The van der Waals surface area contributed by atoms with Crippen LogP contribution in [-0.4, -0.2) is 11.5 Å². The molecule has 0 bridgehead atoms. The Morgan fingerprint density at radius 2 is 2.00 bits per heavy atom. The molecule has 3 N–H and O–H groups in total. The number of rotatable bonds is 2. The van der Waals surface area contributed by atoms with E-state index in [0.717, 1.165) is 0 Å². The molecule has 1 atom stereocenters. The summed E-state index contributed by atoms with van der Waals surface area (Å²) in [5, 5.41) is 9.48. The highest BCUT2D eigenvalue weighted by Crippen LogP contribution is 2.38. The molecule has 0 radical (unpaired) electrons. The van der Waals surface area contributed by atoms with E-state index in [1.54, 1.807) is 0 Å². The zero-order valence-corrected chi connectivity index (χ0v) is 9.19. The summed E-state index contributed by atoms with van der Waals surface area (Å²) >= 11 is 8.63. The molecule has 1 rings (SSSR count). The van der Waals surface area contributed by atoms with Crippen LogP contribution in [0.25, 0.3) is 0 Å².